The van der Waals surface area contributed by atoms with E-state index in [0.29, 0.717) is 18.4 Å². The quantitative estimate of drug-likeness (QED) is 0.131. The van der Waals surface area contributed by atoms with Crippen LogP contribution in [-0.2, 0) is 34.9 Å². The van der Waals surface area contributed by atoms with E-state index < -0.39 is 48.3 Å². The Hall–Kier alpha value is -3.54. The Morgan fingerprint density at radius 3 is 1.85 bits per heavy atom. The van der Waals surface area contributed by atoms with E-state index in [1.54, 1.807) is 40.7 Å². The summed E-state index contributed by atoms with van der Waals surface area (Å²) in [6, 6.07) is 3.24. The SMILES string of the molecule is CCCCOC(=O)Oc1ccc(C[C@H](N)C(=O)O[C@@H](C)C(C)OC(=O)OC(C)(C)C)cc1OC(=O)OCCCC. The molecule has 0 fully saturated rings. The molecule has 0 aliphatic heterocycles. The van der Waals surface area contributed by atoms with E-state index in [2.05, 4.69) is 0 Å². The molecule has 0 heterocycles. The van der Waals surface area contributed by atoms with Gasteiger partial charge in [0.1, 0.15) is 23.9 Å². The highest BCUT2D eigenvalue weighted by Crippen LogP contribution is 2.30. The maximum atomic E-state index is 12.6. The number of hydrogen-bond donors (Lipinski definition) is 1. The molecule has 226 valence electrons. The lowest BCUT2D eigenvalue weighted by Crippen LogP contribution is -2.40. The average molecular weight is 570 g/mol. The fraction of sp³-hybridized carbons (Fsp3) is 0.643. The van der Waals surface area contributed by atoms with Gasteiger partial charge in [0.2, 0.25) is 0 Å². The Morgan fingerprint density at radius 2 is 1.32 bits per heavy atom. The number of nitrogens with two attached hydrogens (primary N) is 1. The minimum Gasteiger partial charge on any atom is -0.458 e. The van der Waals surface area contributed by atoms with Gasteiger partial charge in [-0.3, -0.25) is 4.79 Å². The van der Waals surface area contributed by atoms with Crippen LogP contribution in [0.3, 0.4) is 0 Å². The van der Waals surface area contributed by atoms with Crippen LogP contribution in [0.4, 0.5) is 14.4 Å². The summed E-state index contributed by atoms with van der Waals surface area (Å²) in [7, 11) is 0. The lowest BCUT2D eigenvalue weighted by Gasteiger charge is -2.24. The Labute approximate surface area is 235 Å². The third kappa shape index (κ3) is 14.0. The van der Waals surface area contributed by atoms with Crippen molar-refractivity contribution in [1.82, 2.24) is 0 Å². The summed E-state index contributed by atoms with van der Waals surface area (Å²) in [5.74, 6) is -0.927. The van der Waals surface area contributed by atoms with Gasteiger partial charge < -0.3 is 38.9 Å². The van der Waals surface area contributed by atoms with Crippen molar-refractivity contribution in [3.63, 3.8) is 0 Å². The van der Waals surface area contributed by atoms with Crippen molar-refractivity contribution in [2.24, 2.45) is 5.73 Å². The first-order chi connectivity index (χ1) is 18.7. The number of rotatable bonds is 14. The molecule has 0 aliphatic carbocycles. The molecule has 12 heteroatoms. The van der Waals surface area contributed by atoms with Crippen LogP contribution < -0.4 is 15.2 Å². The van der Waals surface area contributed by atoms with E-state index in [0.717, 1.165) is 12.8 Å². The van der Waals surface area contributed by atoms with E-state index in [-0.39, 0.29) is 31.1 Å². The molecule has 0 amide bonds. The van der Waals surface area contributed by atoms with Crippen molar-refractivity contribution < 1.29 is 52.3 Å². The topological polar surface area (TPSA) is 159 Å². The van der Waals surface area contributed by atoms with E-state index >= 15 is 0 Å². The molecule has 0 bridgehead atoms. The molecule has 0 aliphatic rings. The van der Waals surface area contributed by atoms with Gasteiger partial charge in [0.15, 0.2) is 11.5 Å². The van der Waals surface area contributed by atoms with Gasteiger partial charge in [-0.2, -0.15) is 0 Å². The number of benzene rings is 1. The monoisotopic (exact) mass is 569 g/mol. The normalized spacial score (nSPS) is 13.3. The van der Waals surface area contributed by atoms with Crippen molar-refractivity contribution in [2.75, 3.05) is 13.2 Å². The van der Waals surface area contributed by atoms with Crippen LogP contribution in [0.2, 0.25) is 0 Å². The van der Waals surface area contributed by atoms with Gasteiger partial charge in [-0.05, 0) is 71.6 Å². The second-order valence-corrected chi connectivity index (χ2v) is 10.1. The first-order valence-corrected chi connectivity index (χ1v) is 13.4. The molecule has 1 aromatic carbocycles. The van der Waals surface area contributed by atoms with Crippen molar-refractivity contribution >= 4 is 24.4 Å². The van der Waals surface area contributed by atoms with E-state index in [1.165, 1.54) is 12.1 Å². The van der Waals surface area contributed by atoms with Crippen LogP contribution in [0.15, 0.2) is 18.2 Å². The predicted molar refractivity (Wildman–Crippen MR) is 144 cm³/mol. The number of carbonyl (C=O) groups is 4. The van der Waals surface area contributed by atoms with Crippen LogP contribution in [0.5, 0.6) is 11.5 Å². The largest absolute Gasteiger partial charge is 0.513 e. The van der Waals surface area contributed by atoms with Gasteiger partial charge in [0.05, 0.1) is 13.2 Å². The number of unbranched alkanes of at least 4 members (excludes halogenated alkanes) is 2. The van der Waals surface area contributed by atoms with Gasteiger partial charge in [-0.15, -0.1) is 0 Å². The Balaban J connectivity index is 2.88. The van der Waals surface area contributed by atoms with Crippen molar-refractivity contribution in [3.8, 4) is 11.5 Å². The molecule has 0 saturated carbocycles. The molecule has 12 nitrogen and oxygen atoms in total. The van der Waals surface area contributed by atoms with Crippen LogP contribution >= 0.6 is 0 Å². The smallest absolute Gasteiger partial charge is 0.458 e. The molecule has 3 atom stereocenters. The molecule has 0 saturated heterocycles. The maximum absolute atomic E-state index is 12.6. The summed E-state index contributed by atoms with van der Waals surface area (Å²) in [4.78, 5) is 48.7. The number of esters is 1. The van der Waals surface area contributed by atoms with Crippen molar-refractivity contribution in [1.29, 1.82) is 0 Å². The molecule has 1 aromatic rings. The second-order valence-electron chi connectivity index (χ2n) is 10.1. The first-order valence-electron chi connectivity index (χ1n) is 13.4. The Kier molecular flexibility index (Phi) is 14.8. The number of hydrogen-bond acceptors (Lipinski definition) is 12. The van der Waals surface area contributed by atoms with E-state index in [4.69, 9.17) is 38.9 Å². The highest BCUT2D eigenvalue weighted by atomic mass is 16.8. The summed E-state index contributed by atoms with van der Waals surface area (Å²) in [6.45, 7) is 12.4. The third-order valence-electron chi connectivity index (χ3n) is 5.22. The van der Waals surface area contributed by atoms with Crippen LogP contribution in [0.1, 0.15) is 79.7 Å². The highest BCUT2D eigenvalue weighted by Gasteiger charge is 2.27. The molecule has 1 rings (SSSR count). The molecule has 0 radical (unpaired) electrons. The molecular weight excluding hydrogens is 526 g/mol. The lowest BCUT2D eigenvalue weighted by atomic mass is 10.1. The standard InChI is InChI=1S/C28H43NO11/c1-8-10-14-34-25(31)38-22-13-12-20(17-23(22)39-26(32)35-15-11-9-2)16-21(29)24(30)36-18(3)19(4)37-27(33)40-28(5,6)7/h12-13,17-19,21H,8-11,14-16,29H2,1-7H3/t18-,19?,21-/m0/s1. The highest BCUT2D eigenvalue weighted by molar-refractivity contribution is 5.76. The third-order valence-corrected chi connectivity index (χ3v) is 5.22. The fourth-order valence-corrected chi connectivity index (χ4v) is 2.91. The van der Waals surface area contributed by atoms with E-state index in [9.17, 15) is 19.2 Å². The minimum atomic E-state index is -1.11. The van der Waals surface area contributed by atoms with Crippen molar-refractivity contribution in [3.05, 3.63) is 23.8 Å². The minimum absolute atomic E-state index is 0.00464. The van der Waals surface area contributed by atoms with E-state index in [1.807, 2.05) is 13.8 Å². The molecule has 1 unspecified atom stereocenters. The van der Waals surface area contributed by atoms with Gasteiger partial charge in [-0.1, -0.05) is 32.8 Å². The second kappa shape index (κ2) is 17.2. The zero-order chi connectivity index (χ0) is 30.3. The van der Waals surface area contributed by atoms with Crippen LogP contribution in [0.25, 0.3) is 0 Å². The summed E-state index contributed by atoms with van der Waals surface area (Å²) < 4.78 is 36.1. The van der Waals surface area contributed by atoms with Gasteiger partial charge in [0.25, 0.3) is 0 Å². The fourth-order valence-electron chi connectivity index (χ4n) is 2.91. The zero-order valence-electron chi connectivity index (χ0n) is 24.5. The Morgan fingerprint density at radius 1 is 0.800 bits per heavy atom. The summed E-state index contributed by atoms with van der Waals surface area (Å²) in [5.41, 5.74) is 5.81. The average Bonchev–Trinajstić information content (AvgIpc) is 2.84. The molecule has 0 spiro atoms. The predicted octanol–water partition coefficient (Wildman–Crippen LogP) is 5.46. The molecule has 40 heavy (non-hydrogen) atoms. The lowest BCUT2D eigenvalue weighted by molar-refractivity contribution is -0.156. The van der Waals surface area contributed by atoms with Crippen molar-refractivity contribution in [2.45, 2.75) is 104 Å². The first kappa shape index (κ1) is 34.5. The summed E-state index contributed by atoms with van der Waals surface area (Å²) in [5, 5.41) is 0. The van der Waals surface area contributed by atoms with Crippen LogP contribution in [-0.4, -0.2) is 61.5 Å². The van der Waals surface area contributed by atoms with Gasteiger partial charge in [0, 0.05) is 0 Å². The number of carbonyl (C=O) groups excluding carboxylic acids is 4. The summed E-state index contributed by atoms with van der Waals surface area (Å²) in [6.07, 6.45) is -1.46. The van der Waals surface area contributed by atoms with Gasteiger partial charge in [-0.25, -0.2) is 14.4 Å². The molecule has 2 N–H and O–H groups in total. The Bertz CT molecular complexity index is 973. The molecular formula is C28H43NO11. The summed E-state index contributed by atoms with van der Waals surface area (Å²) >= 11 is 0. The van der Waals surface area contributed by atoms with Gasteiger partial charge >= 0.3 is 24.4 Å². The zero-order valence-corrected chi connectivity index (χ0v) is 24.5. The maximum Gasteiger partial charge on any atom is 0.513 e. The number of ether oxygens (including phenoxy) is 7. The molecule has 0 aromatic heterocycles. The van der Waals surface area contributed by atoms with Crippen LogP contribution in [0, 0.1) is 0 Å².